The fourth-order valence-electron chi connectivity index (χ4n) is 3.30. The number of hydrazone groups is 1. The molecule has 1 N–H and O–H groups in total. The quantitative estimate of drug-likeness (QED) is 0.693. The Morgan fingerprint density at radius 2 is 1.69 bits per heavy atom. The number of anilines is 1. The van der Waals surface area contributed by atoms with Crippen LogP contribution >= 0.6 is 0 Å². The van der Waals surface area contributed by atoms with Crippen molar-refractivity contribution >= 4 is 23.4 Å². The van der Waals surface area contributed by atoms with Gasteiger partial charge in [0.25, 0.3) is 11.5 Å². The Hall–Kier alpha value is -3.74. The Labute approximate surface area is 166 Å². The Bertz CT molecular complexity index is 1230. The lowest BCUT2D eigenvalue weighted by atomic mass is 10.1. The molecule has 1 amide bonds. The van der Waals surface area contributed by atoms with Gasteiger partial charge in [-0.15, -0.1) is 0 Å². The van der Waals surface area contributed by atoms with Crippen molar-refractivity contribution in [3.05, 3.63) is 87.1 Å². The third kappa shape index (κ3) is 3.20. The van der Waals surface area contributed by atoms with E-state index in [1.165, 1.54) is 34.0 Å². The van der Waals surface area contributed by atoms with Gasteiger partial charge in [-0.1, -0.05) is 18.2 Å². The van der Waals surface area contributed by atoms with Crippen LogP contribution in [0.5, 0.6) is 0 Å². The van der Waals surface area contributed by atoms with E-state index in [1.54, 1.807) is 19.9 Å². The molecule has 6 nitrogen and oxygen atoms in total. The van der Waals surface area contributed by atoms with Crippen molar-refractivity contribution < 1.29 is 9.18 Å². The van der Waals surface area contributed by atoms with Crippen molar-refractivity contribution in [1.82, 2.24) is 9.78 Å². The van der Waals surface area contributed by atoms with Crippen molar-refractivity contribution in [1.29, 1.82) is 0 Å². The SMILES string of the molecule is CC1=NN(c2ccc(F)cc2)C(=O)C1=Cc1c(C)[nH]n(-c2ccccc2C)c1=O. The second-order valence-electron chi connectivity index (χ2n) is 6.91. The van der Waals surface area contributed by atoms with Crippen LogP contribution in [0.2, 0.25) is 0 Å². The van der Waals surface area contributed by atoms with Crippen molar-refractivity contribution in [2.24, 2.45) is 5.10 Å². The van der Waals surface area contributed by atoms with Crippen LogP contribution < -0.4 is 10.6 Å². The molecular formula is C22H19FN4O2. The molecule has 7 heteroatoms. The predicted molar refractivity (Wildman–Crippen MR) is 111 cm³/mol. The van der Waals surface area contributed by atoms with E-state index < -0.39 is 5.82 Å². The number of H-pyrrole nitrogens is 1. The normalized spacial score (nSPS) is 15.3. The molecule has 0 fully saturated rings. The van der Waals surface area contributed by atoms with Crippen LogP contribution in [-0.2, 0) is 4.79 Å². The van der Waals surface area contributed by atoms with E-state index in [-0.39, 0.29) is 11.5 Å². The number of rotatable bonds is 3. The first-order chi connectivity index (χ1) is 13.9. The molecule has 2 heterocycles. The fourth-order valence-corrected chi connectivity index (χ4v) is 3.30. The van der Waals surface area contributed by atoms with Gasteiger partial charge in [0.2, 0.25) is 0 Å². The second kappa shape index (κ2) is 7.01. The summed E-state index contributed by atoms with van der Waals surface area (Å²) < 4.78 is 14.7. The van der Waals surface area contributed by atoms with Gasteiger partial charge >= 0.3 is 0 Å². The van der Waals surface area contributed by atoms with Crippen molar-refractivity contribution in [3.63, 3.8) is 0 Å². The van der Waals surface area contributed by atoms with E-state index in [1.807, 2.05) is 31.2 Å². The smallest absolute Gasteiger partial charge is 0.280 e. The lowest BCUT2D eigenvalue weighted by Crippen LogP contribution is -2.22. The summed E-state index contributed by atoms with van der Waals surface area (Å²) in [5, 5.41) is 8.56. The standard InChI is InChI=1S/C22H19FN4O2/c1-13-6-4-5-7-20(13)27-22(29)19(15(3)25-27)12-18-14(2)24-26(21(18)28)17-10-8-16(23)9-11-17/h4-12,25H,1-3H3. The van der Waals surface area contributed by atoms with E-state index in [0.29, 0.717) is 28.2 Å². The Balaban J connectivity index is 1.75. The maximum Gasteiger partial charge on any atom is 0.280 e. The Morgan fingerprint density at radius 3 is 2.38 bits per heavy atom. The van der Waals surface area contributed by atoms with Crippen LogP contribution in [0, 0.1) is 19.7 Å². The molecule has 29 heavy (non-hydrogen) atoms. The summed E-state index contributed by atoms with van der Waals surface area (Å²) in [7, 11) is 0. The van der Waals surface area contributed by atoms with E-state index in [2.05, 4.69) is 10.2 Å². The number of nitrogens with zero attached hydrogens (tertiary/aromatic N) is 3. The summed E-state index contributed by atoms with van der Waals surface area (Å²) in [5.41, 5.74) is 3.77. The van der Waals surface area contributed by atoms with Gasteiger partial charge in [-0.25, -0.2) is 9.07 Å². The number of carbonyl (C=O) groups excluding carboxylic acids is 1. The Kier molecular flexibility index (Phi) is 4.50. The number of hydrogen-bond donors (Lipinski definition) is 1. The molecule has 0 aliphatic carbocycles. The monoisotopic (exact) mass is 390 g/mol. The highest BCUT2D eigenvalue weighted by molar-refractivity contribution is 6.32. The molecule has 1 aromatic heterocycles. The van der Waals surface area contributed by atoms with Crippen LogP contribution in [0.15, 0.2) is 64.0 Å². The number of carbonyl (C=O) groups is 1. The molecule has 2 aromatic carbocycles. The lowest BCUT2D eigenvalue weighted by Gasteiger charge is -2.11. The maximum absolute atomic E-state index is 13.2. The van der Waals surface area contributed by atoms with Crippen LogP contribution in [0.3, 0.4) is 0 Å². The minimum Gasteiger partial charge on any atom is -0.295 e. The van der Waals surface area contributed by atoms with Crippen molar-refractivity contribution in [2.45, 2.75) is 20.8 Å². The lowest BCUT2D eigenvalue weighted by molar-refractivity contribution is -0.114. The molecule has 0 bridgehead atoms. The summed E-state index contributed by atoms with van der Waals surface area (Å²) in [6.45, 7) is 5.41. The molecule has 3 aromatic rings. The predicted octanol–water partition coefficient (Wildman–Crippen LogP) is 3.73. The number of aromatic amines is 1. The van der Waals surface area contributed by atoms with Crippen LogP contribution in [0.25, 0.3) is 11.8 Å². The van der Waals surface area contributed by atoms with E-state index in [4.69, 9.17) is 0 Å². The third-order valence-electron chi connectivity index (χ3n) is 4.90. The molecule has 1 aliphatic rings. The zero-order chi connectivity index (χ0) is 20.7. The highest BCUT2D eigenvalue weighted by Gasteiger charge is 2.29. The molecule has 4 rings (SSSR count). The topological polar surface area (TPSA) is 70.5 Å². The molecule has 0 unspecified atom stereocenters. The van der Waals surface area contributed by atoms with E-state index >= 15 is 0 Å². The van der Waals surface area contributed by atoms with E-state index in [0.717, 1.165) is 11.3 Å². The highest BCUT2D eigenvalue weighted by Crippen LogP contribution is 2.25. The maximum atomic E-state index is 13.2. The number of para-hydroxylation sites is 1. The number of aromatic nitrogens is 2. The minimum absolute atomic E-state index is 0.245. The minimum atomic E-state index is -0.392. The summed E-state index contributed by atoms with van der Waals surface area (Å²) in [6, 6.07) is 13.1. The highest BCUT2D eigenvalue weighted by atomic mass is 19.1. The first-order valence-electron chi connectivity index (χ1n) is 9.11. The van der Waals surface area contributed by atoms with Gasteiger partial charge < -0.3 is 0 Å². The fraction of sp³-hybridized carbons (Fsp3) is 0.136. The average Bonchev–Trinajstić information content (AvgIpc) is 3.14. The van der Waals surface area contributed by atoms with Gasteiger partial charge in [0.1, 0.15) is 5.82 Å². The van der Waals surface area contributed by atoms with Gasteiger partial charge in [-0.3, -0.25) is 14.7 Å². The molecule has 0 saturated heterocycles. The van der Waals surface area contributed by atoms with Gasteiger partial charge in [0, 0.05) is 5.69 Å². The second-order valence-corrected chi connectivity index (χ2v) is 6.91. The molecule has 0 atom stereocenters. The van der Waals surface area contributed by atoms with Crippen molar-refractivity contribution in [3.8, 4) is 5.69 Å². The van der Waals surface area contributed by atoms with Gasteiger partial charge in [0.15, 0.2) is 0 Å². The van der Waals surface area contributed by atoms with Crippen LogP contribution in [0.4, 0.5) is 10.1 Å². The summed E-state index contributed by atoms with van der Waals surface area (Å²) in [4.78, 5) is 25.9. The molecule has 1 aliphatic heterocycles. The number of aryl methyl sites for hydroxylation is 2. The zero-order valence-corrected chi connectivity index (χ0v) is 16.2. The first-order valence-corrected chi connectivity index (χ1v) is 9.11. The number of hydrogen-bond acceptors (Lipinski definition) is 3. The third-order valence-corrected chi connectivity index (χ3v) is 4.90. The largest absolute Gasteiger partial charge is 0.295 e. The average molecular weight is 390 g/mol. The molecule has 0 saturated carbocycles. The summed E-state index contributed by atoms with van der Waals surface area (Å²) in [6.07, 6.45) is 1.56. The molecule has 0 radical (unpaired) electrons. The van der Waals surface area contributed by atoms with Gasteiger partial charge in [-0.2, -0.15) is 10.1 Å². The van der Waals surface area contributed by atoms with Gasteiger partial charge in [-0.05, 0) is 62.7 Å². The molecule has 0 spiro atoms. The summed E-state index contributed by atoms with van der Waals surface area (Å²) in [5.74, 6) is -0.756. The van der Waals surface area contributed by atoms with Crippen molar-refractivity contribution in [2.75, 3.05) is 5.01 Å². The zero-order valence-electron chi connectivity index (χ0n) is 16.2. The van der Waals surface area contributed by atoms with Crippen LogP contribution in [-0.4, -0.2) is 21.4 Å². The van der Waals surface area contributed by atoms with Crippen LogP contribution in [0.1, 0.15) is 23.7 Å². The first kappa shape index (κ1) is 18.6. The van der Waals surface area contributed by atoms with E-state index in [9.17, 15) is 14.0 Å². The number of benzene rings is 2. The molecule has 146 valence electrons. The summed E-state index contributed by atoms with van der Waals surface area (Å²) >= 11 is 0. The Morgan fingerprint density at radius 1 is 1.00 bits per heavy atom. The molecular weight excluding hydrogens is 371 g/mol. The number of amides is 1. The number of nitrogens with one attached hydrogen (secondary N) is 1. The number of halogens is 1. The van der Waals surface area contributed by atoms with Gasteiger partial charge in [0.05, 0.1) is 28.2 Å².